The zero-order valence-electron chi connectivity index (χ0n) is 14.8. The molecular weight excluding hydrogens is 350 g/mol. The van der Waals surface area contributed by atoms with Gasteiger partial charge in [0.2, 0.25) is 0 Å². The van der Waals surface area contributed by atoms with Gasteiger partial charge in [0.25, 0.3) is 5.91 Å². The highest BCUT2D eigenvalue weighted by atomic mass is 32.2. The lowest BCUT2D eigenvalue weighted by Gasteiger charge is -2.31. The number of hydrogen-bond acceptors (Lipinski definition) is 4. The Morgan fingerprint density at radius 3 is 2.42 bits per heavy atom. The molecule has 0 spiro atoms. The third kappa shape index (κ3) is 4.25. The second-order valence-corrected chi connectivity index (χ2v) is 8.77. The van der Waals surface area contributed by atoms with E-state index in [0.717, 1.165) is 5.56 Å². The molecule has 2 aromatic rings. The minimum Gasteiger partial charge on any atom is -0.484 e. The second kappa shape index (κ2) is 7.91. The van der Waals surface area contributed by atoms with Crippen molar-refractivity contribution in [2.24, 2.45) is 0 Å². The van der Waals surface area contributed by atoms with Crippen molar-refractivity contribution in [2.45, 2.75) is 29.9 Å². The smallest absolute Gasteiger partial charge is 0.260 e. The molecule has 1 aliphatic rings. The fraction of sp³-hybridized carbons (Fsp3) is 0.350. The Morgan fingerprint density at radius 1 is 1.08 bits per heavy atom. The summed E-state index contributed by atoms with van der Waals surface area (Å²) >= 11 is 0. The summed E-state index contributed by atoms with van der Waals surface area (Å²) < 4.78 is 30.9. The zero-order chi connectivity index (χ0) is 18.6. The minimum atomic E-state index is -3.34. The number of aryl methyl sites for hydroxylation is 1. The maximum absolute atomic E-state index is 12.7. The first-order valence-electron chi connectivity index (χ1n) is 8.73. The van der Waals surface area contributed by atoms with Gasteiger partial charge in [-0.1, -0.05) is 30.3 Å². The van der Waals surface area contributed by atoms with Crippen molar-refractivity contribution in [3.63, 3.8) is 0 Å². The Labute approximate surface area is 154 Å². The number of rotatable bonds is 5. The van der Waals surface area contributed by atoms with Gasteiger partial charge in [-0.2, -0.15) is 0 Å². The molecule has 0 bridgehead atoms. The largest absolute Gasteiger partial charge is 0.484 e. The number of piperidine rings is 1. The van der Waals surface area contributed by atoms with E-state index in [2.05, 4.69) is 0 Å². The number of likely N-dealkylation sites (tertiary alicyclic amines) is 1. The van der Waals surface area contributed by atoms with E-state index >= 15 is 0 Å². The van der Waals surface area contributed by atoms with Crippen LogP contribution in [0.3, 0.4) is 0 Å². The molecule has 1 amide bonds. The standard InChI is InChI=1S/C20H23NO4S/c1-16-6-5-7-17(14-16)25-15-20(22)21-12-10-19(11-13-21)26(23,24)18-8-3-2-4-9-18/h2-9,14,19H,10-13,15H2,1H3. The topological polar surface area (TPSA) is 63.7 Å². The summed E-state index contributed by atoms with van der Waals surface area (Å²) in [5.74, 6) is 0.557. The third-order valence-corrected chi connectivity index (χ3v) is 6.94. The van der Waals surface area contributed by atoms with Crippen LogP contribution in [0.4, 0.5) is 0 Å². The van der Waals surface area contributed by atoms with E-state index in [1.165, 1.54) is 0 Å². The van der Waals surface area contributed by atoms with Crippen molar-refractivity contribution >= 4 is 15.7 Å². The number of carbonyl (C=O) groups is 1. The van der Waals surface area contributed by atoms with Crippen LogP contribution in [0.2, 0.25) is 0 Å². The Hall–Kier alpha value is -2.34. The molecule has 2 aromatic carbocycles. The molecule has 5 nitrogen and oxygen atoms in total. The van der Waals surface area contributed by atoms with Gasteiger partial charge in [-0.05, 0) is 49.6 Å². The number of ether oxygens (including phenoxy) is 1. The number of nitrogens with zero attached hydrogens (tertiary/aromatic N) is 1. The van der Waals surface area contributed by atoms with Gasteiger partial charge in [-0.3, -0.25) is 4.79 Å². The molecule has 138 valence electrons. The number of carbonyl (C=O) groups excluding carboxylic acids is 1. The molecule has 0 N–H and O–H groups in total. The molecule has 1 heterocycles. The van der Waals surface area contributed by atoms with E-state index in [1.807, 2.05) is 31.2 Å². The molecule has 1 fully saturated rings. The van der Waals surface area contributed by atoms with Crippen molar-refractivity contribution < 1.29 is 17.9 Å². The molecule has 1 aliphatic heterocycles. The van der Waals surface area contributed by atoms with Crippen molar-refractivity contribution in [1.82, 2.24) is 4.90 Å². The Balaban J connectivity index is 1.54. The van der Waals surface area contributed by atoms with Crippen LogP contribution in [0.25, 0.3) is 0 Å². The second-order valence-electron chi connectivity index (χ2n) is 6.54. The maximum atomic E-state index is 12.7. The average molecular weight is 373 g/mol. The molecule has 0 aromatic heterocycles. The SMILES string of the molecule is Cc1cccc(OCC(=O)N2CCC(S(=O)(=O)c3ccccc3)CC2)c1. The number of amides is 1. The molecular formula is C20H23NO4S. The van der Waals surface area contributed by atoms with Gasteiger partial charge in [-0.15, -0.1) is 0 Å². The molecule has 0 aliphatic carbocycles. The van der Waals surface area contributed by atoms with Gasteiger partial charge in [0.05, 0.1) is 10.1 Å². The first-order valence-corrected chi connectivity index (χ1v) is 10.3. The van der Waals surface area contributed by atoms with E-state index in [4.69, 9.17) is 4.74 Å². The summed E-state index contributed by atoms with van der Waals surface area (Å²) in [4.78, 5) is 14.4. The molecule has 26 heavy (non-hydrogen) atoms. The summed E-state index contributed by atoms with van der Waals surface area (Å²) in [7, 11) is -3.34. The van der Waals surface area contributed by atoms with E-state index in [9.17, 15) is 13.2 Å². The molecule has 1 saturated heterocycles. The summed E-state index contributed by atoms with van der Waals surface area (Å²) in [5.41, 5.74) is 1.07. The highest BCUT2D eigenvalue weighted by Crippen LogP contribution is 2.24. The molecule has 6 heteroatoms. The van der Waals surface area contributed by atoms with Crippen LogP contribution < -0.4 is 4.74 Å². The summed E-state index contributed by atoms with van der Waals surface area (Å²) in [6.45, 7) is 2.81. The van der Waals surface area contributed by atoms with Crippen LogP contribution in [0.5, 0.6) is 5.75 Å². The Kier molecular flexibility index (Phi) is 5.61. The molecule has 0 saturated carbocycles. The number of benzene rings is 2. The van der Waals surface area contributed by atoms with E-state index in [1.54, 1.807) is 35.2 Å². The van der Waals surface area contributed by atoms with Crippen molar-refractivity contribution in [3.8, 4) is 5.75 Å². The van der Waals surface area contributed by atoms with Gasteiger partial charge in [0.1, 0.15) is 5.75 Å². The monoisotopic (exact) mass is 373 g/mol. The molecule has 0 atom stereocenters. The van der Waals surface area contributed by atoms with Gasteiger partial charge < -0.3 is 9.64 Å². The molecule has 0 unspecified atom stereocenters. The van der Waals surface area contributed by atoms with Gasteiger partial charge in [-0.25, -0.2) is 8.42 Å². The lowest BCUT2D eigenvalue weighted by atomic mass is 10.1. The average Bonchev–Trinajstić information content (AvgIpc) is 2.67. The zero-order valence-corrected chi connectivity index (χ0v) is 15.6. The fourth-order valence-electron chi connectivity index (χ4n) is 3.16. The summed E-state index contributed by atoms with van der Waals surface area (Å²) in [6.07, 6.45) is 0.904. The Bertz CT molecular complexity index is 856. The number of hydrogen-bond donors (Lipinski definition) is 0. The highest BCUT2D eigenvalue weighted by molar-refractivity contribution is 7.92. The van der Waals surface area contributed by atoms with Crippen LogP contribution in [-0.4, -0.2) is 44.2 Å². The number of sulfone groups is 1. The first kappa shape index (κ1) is 18.5. The quantitative estimate of drug-likeness (QED) is 0.808. The fourth-order valence-corrected chi connectivity index (χ4v) is 4.91. The predicted molar refractivity (Wildman–Crippen MR) is 99.9 cm³/mol. The highest BCUT2D eigenvalue weighted by Gasteiger charge is 2.32. The van der Waals surface area contributed by atoms with Crippen molar-refractivity contribution in [1.29, 1.82) is 0 Å². The molecule has 3 rings (SSSR count). The first-order chi connectivity index (χ1) is 12.5. The normalized spacial score (nSPS) is 15.7. The van der Waals surface area contributed by atoms with Crippen molar-refractivity contribution in [3.05, 3.63) is 60.2 Å². The van der Waals surface area contributed by atoms with Crippen LogP contribution >= 0.6 is 0 Å². The van der Waals surface area contributed by atoms with Crippen LogP contribution in [0.15, 0.2) is 59.5 Å². The van der Waals surface area contributed by atoms with E-state index in [-0.39, 0.29) is 12.5 Å². The lowest BCUT2D eigenvalue weighted by molar-refractivity contribution is -0.134. The lowest BCUT2D eigenvalue weighted by Crippen LogP contribution is -2.44. The van der Waals surface area contributed by atoms with Crippen LogP contribution in [0, 0.1) is 6.92 Å². The molecule has 0 radical (unpaired) electrons. The minimum absolute atomic E-state index is 0.0282. The van der Waals surface area contributed by atoms with Crippen molar-refractivity contribution in [2.75, 3.05) is 19.7 Å². The van der Waals surface area contributed by atoms with E-state index in [0.29, 0.717) is 36.6 Å². The Morgan fingerprint density at radius 2 is 1.77 bits per heavy atom. The third-order valence-electron chi connectivity index (χ3n) is 4.66. The van der Waals surface area contributed by atoms with E-state index < -0.39 is 15.1 Å². The van der Waals surface area contributed by atoms with Crippen LogP contribution in [0.1, 0.15) is 18.4 Å². The van der Waals surface area contributed by atoms with Gasteiger partial charge >= 0.3 is 0 Å². The summed E-state index contributed by atoms with van der Waals surface area (Å²) in [6, 6.07) is 16.1. The van der Waals surface area contributed by atoms with Gasteiger partial charge in [0, 0.05) is 13.1 Å². The maximum Gasteiger partial charge on any atom is 0.260 e. The van der Waals surface area contributed by atoms with Crippen LogP contribution in [-0.2, 0) is 14.6 Å². The summed E-state index contributed by atoms with van der Waals surface area (Å²) in [5, 5.41) is -0.438. The van der Waals surface area contributed by atoms with Gasteiger partial charge in [0.15, 0.2) is 16.4 Å². The predicted octanol–water partition coefficient (Wildman–Crippen LogP) is 2.84.